The van der Waals surface area contributed by atoms with Crippen LogP contribution < -0.4 is 0 Å². The number of nitrogens with zero attached hydrogens (tertiary/aromatic N) is 1. The zero-order chi connectivity index (χ0) is 10.1. The van der Waals surface area contributed by atoms with Crippen LogP contribution in [0, 0.1) is 0 Å². The van der Waals surface area contributed by atoms with E-state index in [1.807, 2.05) is 0 Å². The van der Waals surface area contributed by atoms with Gasteiger partial charge in [0.05, 0.1) is 10.2 Å². The second-order valence-electron chi connectivity index (χ2n) is 2.67. The Balaban J connectivity index is 2.70. The molecule has 0 aliphatic rings. The highest BCUT2D eigenvalue weighted by molar-refractivity contribution is 7.19. The highest BCUT2D eigenvalue weighted by Crippen LogP contribution is 2.30. The van der Waals surface area contributed by atoms with Crippen LogP contribution in [0.4, 0.5) is 8.78 Å². The van der Waals surface area contributed by atoms with Gasteiger partial charge in [-0.15, -0.1) is 11.3 Å². The van der Waals surface area contributed by atoms with E-state index in [1.54, 1.807) is 18.2 Å². The van der Waals surface area contributed by atoms with Gasteiger partial charge >= 0.3 is 0 Å². The number of halogens is 2. The third kappa shape index (κ3) is 1.39. The fourth-order valence-corrected chi connectivity index (χ4v) is 2.07. The van der Waals surface area contributed by atoms with Crippen LogP contribution in [0.3, 0.4) is 0 Å². The molecule has 0 atom stereocenters. The van der Waals surface area contributed by atoms with Crippen molar-refractivity contribution < 1.29 is 13.6 Å². The average molecular weight is 213 g/mol. The summed E-state index contributed by atoms with van der Waals surface area (Å²) in [4.78, 5) is 14.3. The second-order valence-corrected chi connectivity index (χ2v) is 3.70. The minimum Gasteiger partial charge on any atom is -0.298 e. The summed E-state index contributed by atoms with van der Waals surface area (Å²) in [6, 6.07) is 4.83. The van der Waals surface area contributed by atoms with Crippen molar-refractivity contribution in [2.45, 2.75) is 6.43 Å². The Morgan fingerprint density at radius 1 is 1.43 bits per heavy atom. The number of alkyl halides is 2. The van der Waals surface area contributed by atoms with E-state index in [0.717, 1.165) is 11.3 Å². The van der Waals surface area contributed by atoms with Crippen molar-refractivity contribution >= 4 is 27.8 Å². The maximum absolute atomic E-state index is 12.3. The molecule has 0 amide bonds. The van der Waals surface area contributed by atoms with E-state index < -0.39 is 6.43 Å². The molecule has 0 saturated heterocycles. The zero-order valence-electron chi connectivity index (χ0n) is 6.91. The molecule has 0 fully saturated rings. The Hall–Kier alpha value is -1.36. The summed E-state index contributed by atoms with van der Waals surface area (Å²) in [5.41, 5.74) is 0.863. The number of thiazole rings is 1. The molecular weight excluding hydrogens is 208 g/mol. The van der Waals surface area contributed by atoms with Gasteiger partial charge in [0.25, 0.3) is 6.43 Å². The van der Waals surface area contributed by atoms with Gasteiger partial charge in [0, 0.05) is 5.56 Å². The van der Waals surface area contributed by atoms with E-state index in [2.05, 4.69) is 4.98 Å². The number of fused-ring (bicyclic) bond motifs is 1. The lowest BCUT2D eigenvalue weighted by Gasteiger charge is -1.89. The molecule has 0 N–H and O–H groups in total. The first-order valence-electron chi connectivity index (χ1n) is 3.85. The molecule has 0 radical (unpaired) electrons. The number of hydrogen-bond donors (Lipinski definition) is 0. The molecule has 0 bridgehead atoms. The Kier molecular flexibility index (Phi) is 2.25. The number of hydrogen-bond acceptors (Lipinski definition) is 3. The Bertz CT molecular complexity index is 481. The van der Waals surface area contributed by atoms with Crippen molar-refractivity contribution in [3.8, 4) is 0 Å². The first-order chi connectivity index (χ1) is 6.72. The average Bonchev–Trinajstić information content (AvgIpc) is 2.60. The number of carbonyl (C=O) groups is 1. The van der Waals surface area contributed by atoms with Gasteiger partial charge in [-0.2, -0.15) is 0 Å². The topological polar surface area (TPSA) is 30.0 Å². The van der Waals surface area contributed by atoms with E-state index in [9.17, 15) is 13.6 Å². The van der Waals surface area contributed by atoms with Crippen LogP contribution >= 0.6 is 11.3 Å². The fraction of sp³-hybridized carbons (Fsp3) is 0.111. The van der Waals surface area contributed by atoms with Gasteiger partial charge < -0.3 is 0 Å². The minimum atomic E-state index is -2.58. The normalized spacial score (nSPS) is 11.1. The summed E-state index contributed by atoms with van der Waals surface area (Å²) in [5, 5.41) is -0.241. The molecule has 2 aromatic rings. The van der Waals surface area contributed by atoms with Crippen molar-refractivity contribution in [1.82, 2.24) is 4.98 Å². The van der Waals surface area contributed by atoms with Crippen molar-refractivity contribution in [3.05, 3.63) is 28.8 Å². The summed E-state index contributed by atoms with van der Waals surface area (Å²) in [7, 11) is 0. The fourth-order valence-electron chi connectivity index (χ4n) is 1.17. The largest absolute Gasteiger partial charge is 0.298 e. The van der Waals surface area contributed by atoms with E-state index >= 15 is 0 Å². The molecular formula is C9H5F2NOS. The van der Waals surface area contributed by atoms with Crippen LogP contribution in [0.5, 0.6) is 0 Å². The molecule has 2 nitrogen and oxygen atoms in total. The zero-order valence-corrected chi connectivity index (χ0v) is 7.72. The molecule has 2 rings (SSSR count). The maximum Gasteiger partial charge on any atom is 0.289 e. The van der Waals surface area contributed by atoms with Crippen LogP contribution in [-0.2, 0) is 0 Å². The molecule has 72 valence electrons. The Morgan fingerprint density at radius 2 is 2.21 bits per heavy atom. The lowest BCUT2D eigenvalue weighted by molar-refractivity contribution is 0.112. The first-order valence-corrected chi connectivity index (χ1v) is 4.67. The van der Waals surface area contributed by atoms with Gasteiger partial charge in [-0.25, -0.2) is 13.8 Å². The van der Waals surface area contributed by atoms with Gasteiger partial charge in [-0.1, -0.05) is 12.1 Å². The molecule has 1 aromatic carbocycles. The number of carbonyl (C=O) groups excluding carboxylic acids is 1. The molecule has 0 aliphatic carbocycles. The van der Waals surface area contributed by atoms with Crippen LogP contribution in [0.2, 0.25) is 0 Å². The minimum absolute atomic E-state index is 0.241. The van der Waals surface area contributed by atoms with Crippen LogP contribution in [0.1, 0.15) is 21.8 Å². The molecule has 14 heavy (non-hydrogen) atoms. The smallest absolute Gasteiger partial charge is 0.289 e. The third-order valence-corrected chi connectivity index (χ3v) is 2.90. The van der Waals surface area contributed by atoms with E-state index in [-0.39, 0.29) is 5.01 Å². The van der Waals surface area contributed by atoms with Crippen molar-refractivity contribution in [3.63, 3.8) is 0 Å². The molecule has 0 aliphatic heterocycles. The molecule has 0 unspecified atom stereocenters. The number of rotatable bonds is 2. The summed E-state index contributed by atoms with van der Waals surface area (Å²) < 4.78 is 25.1. The molecule has 0 spiro atoms. The Morgan fingerprint density at radius 3 is 2.86 bits per heavy atom. The SMILES string of the molecule is O=Cc1cccc2nc(C(F)F)sc12. The summed E-state index contributed by atoms with van der Waals surface area (Å²) in [6.45, 7) is 0. The molecule has 5 heteroatoms. The van der Waals surface area contributed by atoms with Crippen LogP contribution in [0.25, 0.3) is 10.2 Å². The third-order valence-electron chi connectivity index (χ3n) is 1.78. The molecule has 1 aromatic heterocycles. The number of aromatic nitrogens is 1. The lowest BCUT2D eigenvalue weighted by Crippen LogP contribution is -1.79. The summed E-state index contributed by atoms with van der Waals surface area (Å²) in [5.74, 6) is 0. The lowest BCUT2D eigenvalue weighted by atomic mass is 10.2. The number of aldehydes is 1. The van der Waals surface area contributed by atoms with E-state index in [1.165, 1.54) is 0 Å². The number of benzene rings is 1. The van der Waals surface area contributed by atoms with E-state index in [4.69, 9.17) is 0 Å². The van der Waals surface area contributed by atoms with Crippen LogP contribution in [-0.4, -0.2) is 11.3 Å². The maximum atomic E-state index is 12.3. The first kappa shape index (κ1) is 9.21. The van der Waals surface area contributed by atoms with Crippen LogP contribution in [0.15, 0.2) is 18.2 Å². The van der Waals surface area contributed by atoms with Crippen molar-refractivity contribution in [2.24, 2.45) is 0 Å². The second kappa shape index (κ2) is 3.42. The van der Waals surface area contributed by atoms with Gasteiger partial charge in [0.2, 0.25) is 0 Å². The van der Waals surface area contributed by atoms with Gasteiger partial charge in [-0.05, 0) is 6.07 Å². The van der Waals surface area contributed by atoms with Gasteiger partial charge in [0.1, 0.15) is 0 Å². The summed E-state index contributed by atoms with van der Waals surface area (Å²) in [6.07, 6.45) is -1.93. The highest BCUT2D eigenvalue weighted by Gasteiger charge is 2.14. The van der Waals surface area contributed by atoms with Gasteiger partial charge in [-0.3, -0.25) is 4.79 Å². The van der Waals surface area contributed by atoms with Crippen molar-refractivity contribution in [2.75, 3.05) is 0 Å². The summed E-state index contributed by atoms with van der Waals surface area (Å²) >= 11 is 0.864. The quantitative estimate of drug-likeness (QED) is 0.717. The van der Waals surface area contributed by atoms with Gasteiger partial charge in [0.15, 0.2) is 11.3 Å². The predicted octanol–water partition coefficient (Wildman–Crippen LogP) is 3.05. The highest BCUT2D eigenvalue weighted by atomic mass is 32.1. The predicted molar refractivity (Wildman–Crippen MR) is 50.0 cm³/mol. The standard InChI is InChI=1S/C9H5F2NOS/c10-8(11)9-12-6-3-1-2-5(4-13)7(6)14-9/h1-4,8H. The van der Waals surface area contributed by atoms with E-state index in [0.29, 0.717) is 22.1 Å². The Labute approximate surface area is 82.2 Å². The van der Waals surface area contributed by atoms with Crippen molar-refractivity contribution in [1.29, 1.82) is 0 Å². The molecule has 1 heterocycles. The molecule has 0 saturated carbocycles. The monoisotopic (exact) mass is 213 g/mol.